The van der Waals surface area contributed by atoms with E-state index in [4.69, 9.17) is 9.47 Å². The molecule has 0 heterocycles. The number of ether oxygens (including phenoxy) is 2. The van der Waals surface area contributed by atoms with Crippen molar-refractivity contribution in [2.45, 2.75) is 51.5 Å². The van der Waals surface area contributed by atoms with Gasteiger partial charge in [0.25, 0.3) is 5.91 Å². The standard InChI is InChI=1S/C30H33NO6/c1-2-3-4-5-9-20-36-25-18-14-24(15-19-25)30(35)37-26-16-12-22(13-17-26)21-27(29(33)34)31-28(32)23-10-7-6-8-11-23/h6-8,10-19,27H,2-5,9,20-21H2,1H3,(H,31,32)(H,33,34). The normalized spacial score (nSPS) is 11.4. The molecule has 7 heteroatoms. The third kappa shape index (κ3) is 9.11. The molecule has 1 unspecified atom stereocenters. The van der Waals surface area contributed by atoms with Gasteiger partial charge < -0.3 is 19.9 Å². The van der Waals surface area contributed by atoms with Crippen LogP contribution in [0.1, 0.15) is 65.3 Å². The molecule has 194 valence electrons. The molecule has 0 fully saturated rings. The van der Waals surface area contributed by atoms with Crippen molar-refractivity contribution in [2.75, 3.05) is 6.61 Å². The Labute approximate surface area is 217 Å². The lowest BCUT2D eigenvalue weighted by atomic mass is 10.1. The first-order valence-electron chi connectivity index (χ1n) is 12.6. The van der Waals surface area contributed by atoms with E-state index in [2.05, 4.69) is 12.2 Å². The second-order valence-corrected chi connectivity index (χ2v) is 8.75. The van der Waals surface area contributed by atoms with Crippen LogP contribution in [-0.4, -0.2) is 35.6 Å². The molecular formula is C30H33NO6. The minimum atomic E-state index is -1.14. The van der Waals surface area contributed by atoms with E-state index >= 15 is 0 Å². The predicted molar refractivity (Wildman–Crippen MR) is 141 cm³/mol. The quantitative estimate of drug-likeness (QED) is 0.167. The maximum absolute atomic E-state index is 12.5. The number of rotatable bonds is 14. The second-order valence-electron chi connectivity index (χ2n) is 8.75. The largest absolute Gasteiger partial charge is 0.494 e. The fourth-order valence-corrected chi connectivity index (χ4v) is 3.71. The lowest BCUT2D eigenvalue weighted by Crippen LogP contribution is -2.42. The summed E-state index contributed by atoms with van der Waals surface area (Å²) >= 11 is 0. The molecule has 0 saturated heterocycles. The lowest BCUT2D eigenvalue weighted by Gasteiger charge is -2.15. The van der Waals surface area contributed by atoms with E-state index in [0.717, 1.165) is 12.8 Å². The Balaban J connectivity index is 1.49. The molecule has 0 aromatic heterocycles. The van der Waals surface area contributed by atoms with Crippen LogP contribution in [0.25, 0.3) is 0 Å². The number of carboxylic acid groups (broad SMARTS) is 1. The highest BCUT2D eigenvalue weighted by Crippen LogP contribution is 2.18. The second kappa shape index (κ2) is 14.4. The minimum absolute atomic E-state index is 0.0855. The van der Waals surface area contributed by atoms with Crippen LogP contribution in [0, 0.1) is 0 Å². The van der Waals surface area contributed by atoms with E-state index in [0.29, 0.717) is 34.8 Å². The Kier molecular flexibility index (Phi) is 10.7. The van der Waals surface area contributed by atoms with Crippen LogP contribution in [0.3, 0.4) is 0 Å². The molecule has 1 amide bonds. The van der Waals surface area contributed by atoms with Gasteiger partial charge in [-0.3, -0.25) is 4.79 Å². The summed E-state index contributed by atoms with van der Waals surface area (Å²) in [5.74, 6) is -1.05. The summed E-state index contributed by atoms with van der Waals surface area (Å²) in [5, 5.41) is 12.1. The summed E-state index contributed by atoms with van der Waals surface area (Å²) in [5.41, 5.74) is 1.46. The lowest BCUT2D eigenvalue weighted by molar-refractivity contribution is -0.139. The Morgan fingerprint density at radius 3 is 2.08 bits per heavy atom. The van der Waals surface area contributed by atoms with Crippen molar-refractivity contribution in [3.05, 3.63) is 95.6 Å². The van der Waals surface area contributed by atoms with E-state index in [1.165, 1.54) is 19.3 Å². The van der Waals surface area contributed by atoms with E-state index < -0.39 is 23.9 Å². The summed E-state index contributed by atoms with van der Waals surface area (Å²) in [6, 6.07) is 20.7. The molecular weight excluding hydrogens is 470 g/mol. The Morgan fingerprint density at radius 1 is 0.784 bits per heavy atom. The SMILES string of the molecule is CCCCCCCOc1ccc(C(=O)Oc2ccc(CC(NC(=O)c3ccccc3)C(=O)O)cc2)cc1. The predicted octanol–water partition coefficient (Wildman–Crippen LogP) is 5.68. The smallest absolute Gasteiger partial charge is 0.343 e. The first-order valence-corrected chi connectivity index (χ1v) is 12.6. The number of nitrogens with one attached hydrogen (secondary N) is 1. The molecule has 0 aliphatic carbocycles. The maximum Gasteiger partial charge on any atom is 0.343 e. The molecule has 3 aromatic rings. The summed E-state index contributed by atoms with van der Waals surface area (Å²) < 4.78 is 11.2. The fraction of sp³-hybridized carbons (Fsp3) is 0.300. The van der Waals surface area contributed by atoms with E-state index in [1.807, 2.05) is 0 Å². The van der Waals surface area contributed by atoms with Crippen molar-refractivity contribution in [3.63, 3.8) is 0 Å². The van der Waals surface area contributed by atoms with Crippen LogP contribution in [0.5, 0.6) is 11.5 Å². The van der Waals surface area contributed by atoms with Crippen LogP contribution in [0.4, 0.5) is 0 Å². The summed E-state index contributed by atoms with van der Waals surface area (Å²) in [7, 11) is 0. The number of hydrogen-bond donors (Lipinski definition) is 2. The maximum atomic E-state index is 12.5. The highest BCUT2D eigenvalue weighted by atomic mass is 16.5. The van der Waals surface area contributed by atoms with Crippen molar-refractivity contribution in [1.29, 1.82) is 0 Å². The molecule has 2 N–H and O–H groups in total. The Morgan fingerprint density at radius 2 is 1.43 bits per heavy atom. The van der Waals surface area contributed by atoms with Crippen molar-refractivity contribution < 1.29 is 29.0 Å². The molecule has 0 radical (unpaired) electrons. The average Bonchev–Trinajstić information content (AvgIpc) is 2.92. The molecule has 0 spiro atoms. The minimum Gasteiger partial charge on any atom is -0.494 e. The van der Waals surface area contributed by atoms with E-state index in [9.17, 15) is 19.5 Å². The summed E-state index contributed by atoms with van der Waals surface area (Å²) in [6.45, 7) is 2.84. The average molecular weight is 504 g/mol. The van der Waals surface area contributed by atoms with Crippen LogP contribution in [-0.2, 0) is 11.2 Å². The van der Waals surface area contributed by atoms with Crippen molar-refractivity contribution in [2.24, 2.45) is 0 Å². The van der Waals surface area contributed by atoms with Gasteiger partial charge in [-0.1, -0.05) is 62.9 Å². The van der Waals surface area contributed by atoms with Gasteiger partial charge in [-0.25, -0.2) is 9.59 Å². The van der Waals surface area contributed by atoms with Gasteiger partial charge in [0.05, 0.1) is 12.2 Å². The third-order valence-electron chi connectivity index (χ3n) is 5.82. The third-order valence-corrected chi connectivity index (χ3v) is 5.82. The van der Waals surface area contributed by atoms with Gasteiger partial charge >= 0.3 is 11.9 Å². The number of aliphatic carboxylic acids is 1. The summed E-state index contributed by atoms with van der Waals surface area (Å²) in [6.07, 6.45) is 5.92. The Hall–Kier alpha value is -4.13. The first-order chi connectivity index (χ1) is 18.0. The number of esters is 1. The van der Waals surface area contributed by atoms with Crippen LogP contribution in [0.15, 0.2) is 78.9 Å². The monoisotopic (exact) mass is 503 g/mol. The molecule has 3 rings (SSSR count). The van der Waals surface area contributed by atoms with Gasteiger partial charge in [-0.05, 0) is 60.5 Å². The molecule has 37 heavy (non-hydrogen) atoms. The summed E-state index contributed by atoms with van der Waals surface area (Å²) in [4.78, 5) is 36.5. The number of amides is 1. The first kappa shape index (κ1) is 27.5. The zero-order chi connectivity index (χ0) is 26.5. The molecule has 0 aliphatic rings. The van der Waals surface area contributed by atoms with Gasteiger partial charge in [0.15, 0.2) is 0 Å². The number of carbonyl (C=O) groups excluding carboxylic acids is 2. The van der Waals surface area contributed by atoms with Gasteiger partial charge in [0.1, 0.15) is 17.5 Å². The van der Waals surface area contributed by atoms with Crippen molar-refractivity contribution >= 4 is 17.8 Å². The topological polar surface area (TPSA) is 102 Å². The number of benzene rings is 3. The Bertz CT molecular complexity index is 1140. The van der Waals surface area contributed by atoms with Crippen molar-refractivity contribution in [1.82, 2.24) is 5.32 Å². The molecule has 0 saturated carbocycles. The van der Waals surface area contributed by atoms with Gasteiger partial charge in [0.2, 0.25) is 0 Å². The highest BCUT2D eigenvalue weighted by molar-refractivity contribution is 5.96. The van der Waals surface area contributed by atoms with Gasteiger partial charge in [-0.15, -0.1) is 0 Å². The van der Waals surface area contributed by atoms with Crippen LogP contribution < -0.4 is 14.8 Å². The van der Waals surface area contributed by atoms with Gasteiger partial charge in [-0.2, -0.15) is 0 Å². The van der Waals surface area contributed by atoms with Crippen molar-refractivity contribution in [3.8, 4) is 11.5 Å². The fourth-order valence-electron chi connectivity index (χ4n) is 3.71. The molecule has 0 aliphatic heterocycles. The number of unbranched alkanes of at least 4 members (excludes halogenated alkanes) is 4. The molecule has 3 aromatic carbocycles. The number of carbonyl (C=O) groups is 3. The molecule has 1 atom stereocenters. The highest BCUT2D eigenvalue weighted by Gasteiger charge is 2.21. The number of hydrogen-bond acceptors (Lipinski definition) is 5. The molecule has 0 bridgehead atoms. The zero-order valence-electron chi connectivity index (χ0n) is 21.0. The number of carboxylic acids is 1. The van der Waals surface area contributed by atoms with Crippen LogP contribution >= 0.6 is 0 Å². The van der Waals surface area contributed by atoms with E-state index in [-0.39, 0.29) is 6.42 Å². The zero-order valence-corrected chi connectivity index (χ0v) is 21.0. The van der Waals surface area contributed by atoms with E-state index in [1.54, 1.807) is 78.9 Å². The van der Waals surface area contributed by atoms with Crippen LogP contribution in [0.2, 0.25) is 0 Å². The molecule has 7 nitrogen and oxygen atoms in total. The van der Waals surface area contributed by atoms with Gasteiger partial charge in [0, 0.05) is 12.0 Å².